The van der Waals surface area contributed by atoms with Crippen LogP contribution in [0.2, 0.25) is 0 Å². The maximum absolute atomic E-state index is 11.2. The smallest absolute Gasteiger partial charge is 0.314 e. The summed E-state index contributed by atoms with van der Waals surface area (Å²) in [6.45, 7) is 2.44. The van der Waals surface area contributed by atoms with Gasteiger partial charge >= 0.3 is 5.97 Å². The number of aryl methyl sites for hydroxylation is 1. The number of rotatable bonds is 2. The topological polar surface area (TPSA) is 64.3 Å². The van der Waals surface area contributed by atoms with Crippen LogP contribution in [0.4, 0.5) is 0 Å². The van der Waals surface area contributed by atoms with Crippen LogP contribution in [-0.4, -0.2) is 33.8 Å². The standard InChI is InChI=1S/C13H18N2O3/c16-13(17)10-4-1-5-15-7-11(14-12(10)15)9-3-2-6-18-8-9/h7,9-10H,1-6,8H2,(H,16,17). The number of carbonyl (C=O) groups is 1. The van der Waals surface area contributed by atoms with Crippen molar-refractivity contribution in [1.82, 2.24) is 9.55 Å². The van der Waals surface area contributed by atoms with E-state index in [-0.39, 0.29) is 0 Å². The van der Waals surface area contributed by atoms with E-state index in [1.165, 1.54) is 0 Å². The van der Waals surface area contributed by atoms with E-state index >= 15 is 0 Å². The van der Waals surface area contributed by atoms with Gasteiger partial charge in [-0.3, -0.25) is 4.79 Å². The first kappa shape index (κ1) is 11.7. The van der Waals surface area contributed by atoms with Crippen molar-refractivity contribution in [2.24, 2.45) is 0 Å². The van der Waals surface area contributed by atoms with Gasteiger partial charge in [-0.05, 0) is 25.7 Å². The minimum atomic E-state index is -0.756. The summed E-state index contributed by atoms with van der Waals surface area (Å²) in [5.41, 5.74) is 1.01. The number of nitrogens with zero attached hydrogens (tertiary/aromatic N) is 2. The molecule has 0 spiro atoms. The molecule has 0 saturated carbocycles. The highest BCUT2D eigenvalue weighted by molar-refractivity contribution is 5.75. The van der Waals surface area contributed by atoms with Crippen molar-refractivity contribution in [2.45, 2.75) is 44.1 Å². The van der Waals surface area contributed by atoms with E-state index in [0.29, 0.717) is 18.9 Å². The largest absolute Gasteiger partial charge is 0.481 e. The summed E-state index contributed by atoms with van der Waals surface area (Å²) in [6, 6.07) is 0. The van der Waals surface area contributed by atoms with E-state index in [2.05, 4.69) is 4.98 Å². The molecular weight excluding hydrogens is 232 g/mol. The molecule has 0 bridgehead atoms. The van der Waals surface area contributed by atoms with E-state index in [0.717, 1.165) is 43.9 Å². The molecule has 0 radical (unpaired) electrons. The van der Waals surface area contributed by atoms with Crippen molar-refractivity contribution in [2.75, 3.05) is 13.2 Å². The molecule has 2 aliphatic heterocycles. The second kappa shape index (κ2) is 4.72. The fourth-order valence-corrected chi connectivity index (χ4v) is 2.91. The molecule has 3 rings (SSSR count). The summed E-state index contributed by atoms with van der Waals surface area (Å²) in [4.78, 5) is 15.8. The van der Waals surface area contributed by atoms with Gasteiger partial charge in [-0.25, -0.2) is 4.98 Å². The van der Waals surface area contributed by atoms with Crippen molar-refractivity contribution in [3.05, 3.63) is 17.7 Å². The Balaban J connectivity index is 1.88. The lowest BCUT2D eigenvalue weighted by Gasteiger charge is -2.20. The summed E-state index contributed by atoms with van der Waals surface area (Å²) in [5, 5.41) is 9.23. The summed E-state index contributed by atoms with van der Waals surface area (Å²) in [5.74, 6) is -0.120. The molecule has 1 N–H and O–H groups in total. The molecule has 0 aromatic carbocycles. The molecule has 98 valence electrons. The summed E-state index contributed by atoms with van der Waals surface area (Å²) in [6.07, 6.45) is 5.81. The molecule has 0 amide bonds. The van der Waals surface area contributed by atoms with Gasteiger partial charge in [-0.1, -0.05) is 0 Å². The highest BCUT2D eigenvalue weighted by Crippen LogP contribution is 2.31. The minimum Gasteiger partial charge on any atom is -0.481 e. The number of ether oxygens (including phenoxy) is 1. The Hall–Kier alpha value is -1.36. The molecule has 1 aromatic rings. The van der Waals surface area contributed by atoms with Crippen LogP contribution >= 0.6 is 0 Å². The first-order chi connectivity index (χ1) is 8.75. The Bertz CT molecular complexity index is 449. The average Bonchev–Trinajstić information content (AvgIpc) is 2.83. The van der Waals surface area contributed by atoms with Crippen molar-refractivity contribution >= 4 is 5.97 Å². The number of aliphatic carboxylic acids is 1. The maximum atomic E-state index is 11.2. The van der Waals surface area contributed by atoms with Crippen LogP contribution in [0, 0.1) is 0 Å². The molecule has 0 aliphatic carbocycles. The number of fused-ring (bicyclic) bond motifs is 1. The third-order valence-corrected chi connectivity index (χ3v) is 3.91. The molecule has 2 unspecified atom stereocenters. The molecule has 5 heteroatoms. The molecule has 1 fully saturated rings. The number of carboxylic acids is 1. The van der Waals surface area contributed by atoms with Crippen LogP contribution in [0.5, 0.6) is 0 Å². The predicted molar refractivity (Wildman–Crippen MR) is 64.6 cm³/mol. The quantitative estimate of drug-likeness (QED) is 0.868. The fraction of sp³-hybridized carbons (Fsp3) is 0.692. The summed E-state index contributed by atoms with van der Waals surface area (Å²) >= 11 is 0. The van der Waals surface area contributed by atoms with Gasteiger partial charge in [0.25, 0.3) is 0 Å². The zero-order valence-electron chi connectivity index (χ0n) is 10.3. The second-order valence-corrected chi connectivity index (χ2v) is 5.16. The SMILES string of the molecule is O=C(O)C1CCCn2cc(C3CCCOC3)nc21. The van der Waals surface area contributed by atoms with Gasteiger partial charge in [-0.15, -0.1) is 0 Å². The van der Waals surface area contributed by atoms with Gasteiger partial charge in [-0.2, -0.15) is 0 Å². The number of imidazole rings is 1. The Morgan fingerprint density at radius 1 is 1.44 bits per heavy atom. The molecule has 2 aliphatic rings. The van der Waals surface area contributed by atoms with Crippen molar-refractivity contribution in [1.29, 1.82) is 0 Å². The van der Waals surface area contributed by atoms with Crippen LogP contribution < -0.4 is 0 Å². The number of hydrogen-bond acceptors (Lipinski definition) is 3. The minimum absolute atomic E-state index is 0.339. The molecule has 1 aromatic heterocycles. The fourth-order valence-electron chi connectivity index (χ4n) is 2.91. The van der Waals surface area contributed by atoms with Crippen LogP contribution in [0.25, 0.3) is 0 Å². The number of carboxylic acid groups (broad SMARTS) is 1. The third-order valence-electron chi connectivity index (χ3n) is 3.91. The van der Waals surface area contributed by atoms with Gasteiger partial charge in [0, 0.05) is 25.3 Å². The monoisotopic (exact) mass is 250 g/mol. The lowest BCUT2D eigenvalue weighted by Crippen LogP contribution is -2.22. The lowest BCUT2D eigenvalue weighted by atomic mass is 9.99. The van der Waals surface area contributed by atoms with Crippen LogP contribution in [0.1, 0.15) is 49.0 Å². The summed E-state index contributed by atoms with van der Waals surface area (Å²) < 4.78 is 7.50. The van der Waals surface area contributed by atoms with Crippen LogP contribution in [-0.2, 0) is 16.1 Å². The van der Waals surface area contributed by atoms with Crippen LogP contribution in [0.15, 0.2) is 6.20 Å². The number of hydrogen-bond donors (Lipinski definition) is 1. The lowest BCUT2D eigenvalue weighted by molar-refractivity contribution is -0.139. The third kappa shape index (κ3) is 2.03. The Morgan fingerprint density at radius 3 is 3.06 bits per heavy atom. The first-order valence-electron chi connectivity index (χ1n) is 6.63. The van der Waals surface area contributed by atoms with Crippen molar-refractivity contribution < 1.29 is 14.6 Å². The summed E-state index contributed by atoms with van der Waals surface area (Å²) in [7, 11) is 0. The van der Waals surface area contributed by atoms with Crippen LogP contribution in [0.3, 0.4) is 0 Å². The van der Waals surface area contributed by atoms with Gasteiger partial charge in [0.15, 0.2) is 0 Å². The van der Waals surface area contributed by atoms with Gasteiger partial charge in [0.1, 0.15) is 11.7 Å². The first-order valence-corrected chi connectivity index (χ1v) is 6.63. The second-order valence-electron chi connectivity index (χ2n) is 5.16. The Kier molecular flexibility index (Phi) is 3.07. The Labute approximate surface area is 106 Å². The van der Waals surface area contributed by atoms with E-state index in [1.807, 2.05) is 10.8 Å². The van der Waals surface area contributed by atoms with Gasteiger partial charge in [0.2, 0.25) is 0 Å². The van der Waals surface area contributed by atoms with E-state index in [1.54, 1.807) is 0 Å². The zero-order valence-corrected chi connectivity index (χ0v) is 10.3. The molecular formula is C13H18N2O3. The normalized spacial score (nSPS) is 27.8. The molecule has 2 atom stereocenters. The van der Waals surface area contributed by atoms with Crippen molar-refractivity contribution in [3.8, 4) is 0 Å². The highest BCUT2D eigenvalue weighted by Gasteiger charge is 2.30. The molecule has 5 nitrogen and oxygen atoms in total. The highest BCUT2D eigenvalue weighted by atomic mass is 16.5. The van der Waals surface area contributed by atoms with Gasteiger partial charge in [0.05, 0.1) is 12.3 Å². The number of aromatic nitrogens is 2. The van der Waals surface area contributed by atoms with Gasteiger partial charge < -0.3 is 14.4 Å². The zero-order chi connectivity index (χ0) is 12.5. The predicted octanol–water partition coefficient (Wildman–Crippen LogP) is 1.74. The molecule has 3 heterocycles. The Morgan fingerprint density at radius 2 is 2.33 bits per heavy atom. The van der Waals surface area contributed by atoms with E-state index in [9.17, 15) is 9.90 Å². The molecule has 18 heavy (non-hydrogen) atoms. The molecule has 1 saturated heterocycles. The van der Waals surface area contributed by atoms with E-state index in [4.69, 9.17) is 4.74 Å². The maximum Gasteiger partial charge on any atom is 0.314 e. The van der Waals surface area contributed by atoms with Crippen molar-refractivity contribution in [3.63, 3.8) is 0 Å². The van der Waals surface area contributed by atoms with E-state index < -0.39 is 11.9 Å². The average molecular weight is 250 g/mol.